The molecule has 0 unspecified atom stereocenters. The highest BCUT2D eigenvalue weighted by atomic mass is 16.6. The number of amides is 1. The smallest absolute Gasteiger partial charge is 0.407 e. The molecule has 0 spiro atoms. The number of nitrogens with one attached hydrogen (secondary N) is 1. The molecular formula is C26H51NO11. The first-order valence-corrected chi connectivity index (χ1v) is 13.2. The summed E-state index contributed by atoms with van der Waals surface area (Å²) >= 11 is 0. The molecule has 0 aromatic heterocycles. The zero-order chi connectivity index (χ0) is 28.0. The van der Waals surface area contributed by atoms with E-state index in [1.807, 2.05) is 20.8 Å². The van der Waals surface area contributed by atoms with Crippen LogP contribution in [0.15, 0.2) is 12.7 Å². The zero-order valence-corrected chi connectivity index (χ0v) is 23.7. The van der Waals surface area contributed by atoms with E-state index < -0.39 is 11.7 Å². The van der Waals surface area contributed by atoms with E-state index in [-0.39, 0.29) is 0 Å². The Morgan fingerprint density at radius 1 is 0.553 bits per heavy atom. The lowest BCUT2D eigenvalue weighted by Crippen LogP contribution is -2.34. The van der Waals surface area contributed by atoms with Crippen molar-refractivity contribution in [2.45, 2.75) is 26.4 Å². The molecule has 0 aromatic rings. The Kier molecular flexibility index (Phi) is 27.6. The Bertz CT molecular complexity index is 518. The molecule has 226 valence electrons. The fourth-order valence-electron chi connectivity index (χ4n) is 2.47. The summed E-state index contributed by atoms with van der Waals surface area (Å²) in [7, 11) is 0. The molecule has 1 amide bonds. The Hall–Kier alpha value is -1.35. The number of carbonyl (C=O) groups excluding carboxylic acids is 1. The van der Waals surface area contributed by atoms with E-state index >= 15 is 0 Å². The maximum Gasteiger partial charge on any atom is 0.407 e. The van der Waals surface area contributed by atoms with Crippen molar-refractivity contribution in [1.82, 2.24) is 5.32 Å². The Morgan fingerprint density at radius 2 is 0.842 bits per heavy atom. The largest absolute Gasteiger partial charge is 0.444 e. The van der Waals surface area contributed by atoms with Gasteiger partial charge in [-0.1, -0.05) is 6.08 Å². The van der Waals surface area contributed by atoms with Crippen LogP contribution in [0.2, 0.25) is 0 Å². The van der Waals surface area contributed by atoms with Crippen molar-refractivity contribution < 1.29 is 52.2 Å². The molecule has 0 aliphatic carbocycles. The van der Waals surface area contributed by atoms with Gasteiger partial charge in [-0.2, -0.15) is 0 Å². The predicted molar refractivity (Wildman–Crippen MR) is 142 cm³/mol. The van der Waals surface area contributed by atoms with Crippen LogP contribution in [0.5, 0.6) is 0 Å². The summed E-state index contributed by atoms with van der Waals surface area (Å²) in [4.78, 5) is 11.5. The number of hydrogen-bond acceptors (Lipinski definition) is 11. The summed E-state index contributed by atoms with van der Waals surface area (Å²) in [6, 6.07) is 0. The van der Waals surface area contributed by atoms with Crippen molar-refractivity contribution in [3.63, 3.8) is 0 Å². The van der Waals surface area contributed by atoms with Gasteiger partial charge in [-0.05, 0) is 20.8 Å². The van der Waals surface area contributed by atoms with Gasteiger partial charge < -0.3 is 52.7 Å². The zero-order valence-electron chi connectivity index (χ0n) is 23.7. The Labute approximate surface area is 228 Å². The van der Waals surface area contributed by atoms with E-state index in [2.05, 4.69) is 11.9 Å². The second-order valence-electron chi connectivity index (χ2n) is 8.69. The molecule has 0 rings (SSSR count). The van der Waals surface area contributed by atoms with Crippen molar-refractivity contribution in [2.75, 3.05) is 125 Å². The van der Waals surface area contributed by atoms with E-state index in [0.717, 1.165) is 0 Å². The van der Waals surface area contributed by atoms with E-state index in [4.69, 9.17) is 47.4 Å². The van der Waals surface area contributed by atoms with Gasteiger partial charge in [0.05, 0.1) is 119 Å². The summed E-state index contributed by atoms with van der Waals surface area (Å²) in [6.07, 6.45) is 1.26. The van der Waals surface area contributed by atoms with Crippen LogP contribution in [0.4, 0.5) is 4.79 Å². The van der Waals surface area contributed by atoms with Gasteiger partial charge >= 0.3 is 6.09 Å². The molecule has 0 atom stereocenters. The molecule has 0 heterocycles. The van der Waals surface area contributed by atoms with Crippen LogP contribution in [0.3, 0.4) is 0 Å². The molecule has 0 aliphatic rings. The number of carbonyl (C=O) groups is 1. The van der Waals surface area contributed by atoms with Crippen LogP contribution in [-0.2, 0) is 47.4 Å². The van der Waals surface area contributed by atoms with E-state index in [1.165, 1.54) is 0 Å². The second kappa shape index (κ2) is 28.7. The minimum absolute atomic E-state index is 0.387. The third-order valence-electron chi connectivity index (χ3n) is 4.13. The second-order valence-corrected chi connectivity index (χ2v) is 8.69. The van der Waals surface area contributed by atoms with Crippen LogP contribution in [-0.4, -0.2) is 137 Å². The number of alkyl carbamates (subject to hydrolysis) is 1. The highest BCUT2D eigenvalue weighted by Gasteiger charge is 2.15. The fraction of sp³-hybridized carbons (Fsp3) is 0.885. The number of rotatable bonds is 29. The number of ether oxygens (including phenoxy) is 10. The maximum atomic E-state index is 11.5. The summed E-state index contributed by atoms with van der Waals surface area (Å²) < 4.78 is 53.6. The highest BCUT2D eigenvalue weighted by molar-refractivity contribution is 5.67. The third kappa shape index (κ3) is 32.7. The molecule has 0 saturated heterocycles. The fourth-order valence-corrected chi connectivity index (χ4v) is 2.47. The molecule has 1 N–H and O–H groups in total. The van der Waals surface area contributed by atoms with Crippen molar-refractivity contribution in [3.05, 3.63) is 12.7 Å². The lowest BCUT2D eigenvalue weighted by atomic mass is 10.2. The van der Waals surface area contributed by atoms with Crippen molar-refractivity contribution in [3.8, 4) is 0 Å². The summed E-state index contributed by atoms with van der Waals surface area (Å²) in [5.74, 6) is 0. The first-order chi connectivity index (χ1) is 18.5. The minimum atomic E-state index is -0.507. The highest BCUT2D eigenvalue weighted by Crippen LogP contribution is 2.06. The minimum Gasteiger partial charge on any atom is -0.444 e. The predicted octanol–water partition coefficient (Wildman–Crippen LogP) is 1.85. The van der Waals surface area contributed by atoms with Crippen LogP contribution in [0, 0.1) is 0 Å². The van der Waals surface area contributed by atoms with Crippen molar-refractivity contribution in [2.24, 2.45) is 0 Å². The van der Waals surface area contributed by atoms with Gasteiger partial charge in [-0.15, -0.1) is 6.58 Å². The van der Waals surface area contributed by atoms with E-state index in [0.29, 0.717) is 125 Å². The molecule has 0 fully saturated rings. The Balaban J connectivity index is 3.10. The SMILES string of the molecule is C=CCOCCOCCOCCOCCOCCOCCOCCOCCOCCNC(=O)OC(C)(C)C. The van der Waals surface area contributed by atoms with Crippen molar-refractivity contribution in [1.29, 1.82) is 0 Å². The number of hydrogen-bond donors (Lipinski definition) is 1. The van der Waals surface area contributed by atoms with Crippen molar-refractivity contribution >= 4 is 6.09 Å². The summed E-state index contributed by atoms with van der Waals surface area (Å²) in [6.45, 7) is 18.4. The van der Waals surface area contributed by atoms with Gasteiger partial charge in [0.15, 0.2) is 0 Å². The molecule has 12 heteroatoms. The first-order valence-electron chi connectivity index (χ1n) is 13.2. The first kappa shape index (κ1) is 36.6. The normalized spacial score (nSPS) is 11.6. The van der Waals surface area contributed by atoms with Crippen LogP contribution >= 0.6 is 0 Å². The third-order valence-corrected chi connectivity index (χ3v) is 4.13. The van der Waals surface area contributed by atoms with E-state index in [9.17, 15) is 4.79 Å². The monoisotopic (exact) mass is 553 g/mol. The van der Waals surface area contributed by atoms with Gasteiger partial charge in [0, 0.05) is 6.54 Å². The van der Waals surface area contributed by atoms with Gasteiger partial charge in [0.1, 0.15) is 5.60 Å². The van der Waals surface area contributed by atoms with Crippen LogP contribution < -0.4 is 5.32 Å². The molecule has 0 bridgehead atoms. The van der Waals surface area contributed by atoms with Gasteiger partial charge in [-0.25, -0.2) is 4.79 Å². The topological polar surface area (TPSA) is 121 Å². The van der Waals surface area contributed by atoms with E-state index in [1.54, 1.807) is 6.08 Å². The van der Waals surface area contributed by atoms with Crippen LogP contribution in [0.1, 0.15) is 20.8 Å². The van der Waals surface area contributed by atoms with Gasteiger partial charge in [-0.3, -0.25) is 0 Å². The van der Waals surface area contributed by atoms with Gasteiger partial charge in [0.2, 0.25) is 0 Å². The maximum absolute atomic E-state index is 11.5. The summed E-state index contributed by atoms with van der Waals surface area (Å²) in [5.41, 5.74) is -0.507. The molecule has 0 aliphatic heterocycles. The average Bonchev–Trinajstić information content (AvgIpc) is 2.86. The van der Waals surface area contributed by atoms with Gasteiger partial charge in [0.25, 0.3) is 0 Å². The molecule has 38 heavy (non-hydrogen) atoms. The molecule has 0 saturated carbocycles. The molecule has 12 nitrogen and oxygen atoms in total. The lowest BCUT2D eigenvalue weighted by molar-refractivity contribution is -0.0246. The molecule has 0 radical (unpaired) electrons. The lowest BCUT2D eigenvalue weighted by Gasteiger charge is -2.19. The standard InChI is InChI=1S/C26H51NO11/c1-5-7-29-9-11-31-13-15-33-17-19-35-21-23-37-24-22-36-20-18-34-16-14-32-12-10-30-8-6-27-25(28)38-26(2,3)4/h5H,1,6-24H2,2-4H3,(H,27,28). The average molecular weight is 554 g/mol. The molecular weight excluding hydrogens is 502 g/mol. The van der Waals surface area contributed by atoms with Crippen LogP contribution in [0.25, 0.3) is 0 Å². The Morgan fingerprint density at radius 3 is 1.13 bits per heavy atom. The summed E-state index contributed by atoms with van der Waals surface area (Å²) in [5, 5.41) is 2.63. The quantitative estimate of drug-likeness (QED) is 0.108. The molecule has 0 aromatic carbocycles.